The summed E-state index contributed by atoms with van der Waals surface area (Å²) in [7, 11) is 1.48. The number of carbonyl (C=O) groups excluding carboxylic acids is 2. The minimum atomic E-state index is -1.05. The fourth-order valence-electron chi connectivity index (χ4n) is 2.30. The Morgan fingerprint density at radius 2 is 2.05 bits per heavy atom. The molecule has 0 saturated heterocycles. The molecular formula is C14H17FN2O3. The molecule has 2 N–H and O–H groups in total. The van der Waals surface area contributed by atoms with Crippen LogP contribution in [0.3, 0.4) is 0 Å². The Balaban J connectivity index is 2.21. The number of benzene rings is 1. The van der Waals surface area contributed by atoms with E-state index >= 15 is 0 Å². The van der Waals surface area contributed by atoms with Crippen LogP contribution in [0.1, 0.15) is 24.8 Å². The van der Waals surface area contributed by atoms with E-state index in [9.17, 15) is 14.0 Å². The van der Waals surface area contributed by atoms with E-state index < -0.39 is 17.5 Å². The molecule has 1 aromatic carbocycles. The zero-order valence-corrected chi connectivity index (χ0v) is 11.4. The van der Waals surface area contributed by atoms with Gasteiger partial charge in [0.2, 0.25) is 0 Å². The van der Waals surface area contributed by atoms with Gasteiger partial charge in [-0.15, -0.1) is 0 Å². The van der Waals surface area contributed by atoms with E-state index in [1.807, 2.05) is 0 Å². The molecule has 0 aromatic heterocycles. The van der Waals surface area contributed by atoms with Crippen molar-refractivity contribution in [2.45, 2.75) is 24.8 Å². The predicted octanol–water partition coefficient (Wildman–Crippen LogP) is 1.54. The van der Waals surface area contributed by atoms with E-state index in [2.05, 4.69) is 10.6 Å². The third kappa shape index (κ3) is 2.59. The Kier molecular flexibility index (Phi) is 3.92. The van der Waals surface area contributed by atoms with Gasteiger partial charge in [0.25, 0.3) is 0 Å². The van der Waals surface area contributed by atoms with Crippen LogP contribution >= 0.6 is 0 Å². The molecule has 0 heterocycles. The zero-order chi connectivity index (χ0) is 14.8. The highest BCUT2D eigenvalue weighted by atomic mass is 19.1. The number of halogens is 1. The third-order valence-electron chi connectivity index (χ3n) is 3.44. The number of ether oxygens (including phenoxy) is 1. The molecule has 0 bridgehead atoms. The monoisotopic (exact) mass is 280 g/mol. The second-order valence-electron chi connectivity index (χ2n) is 4.70. The van der Waals surface area contributed by atoms with Crippen LogP contribution in [-0.4, -0.2) is 31.2 Å². The van der Waals surface area contributed by atoms with Crippen LogP contribution in [0, 0.1) is 5.82 Å². The molecule has 6 heteroatoms. The van der Waals surface area contributed by atoms with Crippen molar-refractivity contribution in [2.24, 2.45) is 0 Å². The Labute approximate surface area is 116 Å². The highest BCUT2D eigenvalue weighted by molar-refractivity contribution is 5.92. The lowest BCUT2D eigenvalue weighted by Gasteiger charge is -2.17. The number of urea groups is 1. The summed E-state index contributed by atoms with van der Waals surface area (Å²) in [5.41, 5.74) is -0.246. The largest absolute Gasteiger partial charge is 0.464 e. The maximum Gasteiger partial charge on any atom is 0.332 e. The highest BCUT2D eigenvalue weighted by Gasteiger charge is 2.63. The molecule has 1 saturated carbocycles. The normalized spacial score (nSPS) is 23.9. The maximum absolute atomic E-state index is 12.9. The van der Waals surface area contributed by atoms with Crippen molar-refractivity contribution in [2.75, 3.05) is 13.7 Å². The molecule has 20 heavy (non-hydrogen) atoms. The maximum atomic E-state index is 12.9. The van der Waals surface area contributed by atoms with Gasteiger partial charge < -0.3 is 15.4 Å². The molecule has 0 radical (unpaired) electrons. The third-order valence-corrected chi connectivity index (χ3v) is 3.44. The van der Waals surface area contributed by atoms with Gasteiger partial charge >= 0.3 is 12.0 Å². The Hall–Kier alpha value is -2.11. The van der Waals surface area contributed by atoms with Gasteiger partial charge in [0.05, 0.1) is 6.61 Å². The fraction of sp³-hybridized carbons (Fsp3) is 0.429. The number of carbonyl (C=O) groups is 2. The van der Waals surface area contributed by atoms with Gasteiger partial charge in [0, 0.05) is 13.0 Å². The van der Waals surface area contributed by atoms with Crippen LogP contribution in [0.5, 0.6) is 0 Å². The summed E-state index contributed by atoms with van der Waals surface area (Å²) in [6.07, 6.45) is 0.449. The first-order valence-electron chi connectivity index (χ1n) is 6.46. The van der Waals surface area contributed by atoms with Crippen molar-refractivity contribution in [3.63, 3.8) is 0 Å². The Bertz CT molecular complexity index is 518. The summed E-state index contributed by atoms with van der Waals surface area (Å²) >= 11 is 0. The van der Waals surface area contributed by atoms with Crippen LogP contribution < -0.4 is 10.6 Å². The van der Waals surface area contributed by atoms with Crippen molar-refractivity contribution in [3.8, 4) is 0 Å². The highest BCUT2D eigenvalue weighted by Crippen LogP contribution is 2.52. The number of hydrogen-bond acceptors (Lipinski definition) is 3. The molecule has 2 rings (SSSR count). The van der Waals surface area contributed by atoms with Crippen molar-refractivity contribution < 1.29 is 18.7 Å². The Morgan fingerprint density at radius 3 is 2.60 bits per heavy atom. The number of esters is 1. The summed E-state index contributed by atoms with van der Waals surface area (Å²) in [6.45, 7) is 1.95. The van der Waals surface area contributed by atoms with Crippen LogP contribution in [-0.2, 0) is 9.53 Å². The minimum absolute atomic E-state index is 0.195. The lowest BCUT2D eigenvalue weighted by atomic mass is 10.1. The van der Waals surface area contributed by atoms with Crippen LogP contribution in [0.15, 0.2) is 24.3 Å². The molecule has 2 amide bonds. The molecule has 1 aliphatic rings. The SMILES string of the molecule is CCOC(=O)C1(NC(=O)NC)CC1c1ccc(F)cc1. The van der Waals surface area contributed by atoms with Gasteiger partial charge in [0.15, 0.2) is 0 Å². The standard InChI is InChI=1S/C14H17FN2O3/c1-3-20-12(18)14(17-13(19)16-2)8-11(14)9-4-6-10(15)7-5-9/h4-7,11H,3,8H2,1-2H3,(H2,16,17,19). The predicted molar refractivity (Wildman–Crippen MR) is 70.7 cm³/mol. The molecule has 1 aromatic rings. The number of hydrogen-bond donors (Lipinski definition) is 2. The van der Waals surface area contributed by atoms with Gasteiger partial charge in [0.1, 0.15) is 11.4 Å². The Morgan fingerprint density at radius 1 is 1.40 bits per heavy atom. The van der Waals surface area contributed by atoms with Crippen LogP contribution in [0.2, 0.25) is 0 Å². The molecule has 2 atom stereocenters. The fourth-order valence-corrected chi connectivity index (χ4v) is 2.30. The van der Waals surface area contributed by atoms with E-state index in [4.69, 9.17) is 4.74 Å². The summed E-state index contributed by atoms with van der Waals surface area (Å²) in [4.78, 5) is 23.6. The summed E-state index contributed by atoms with van der Waals surface area (Å²) < 4.78 is 18.0. The lowest BCUT2D eigenvalue weighted by Crippen LogP contribution is -2.48. The van der Waals surface area contributed by atoms with Crippen molar-refractivity contribution in [1.29, 1.82) is 0 Å². The minimum Gasteiger partial charge on any atom is -0.464 e. The van der Waals surface area contributed by atoms with E-state index in [-0.39, 0.29) is 18.3 Å². The second kappa shape index (κ2) is 5.48. The molecule has 1 aliphatic carbocycles. The van der Waals surface area contributed by atoms with Crippen molar-refractivity contribution in [3.05, 3.63) is 35.6 Å². The first-order chi connectivity index (χ1) is 9.53. The summed E-state index contributed by atoms with van der Waals surface area (Å²) in [5.74, 6) is -0.993. The summed E-state index contributed by atoms with van der Waals surface area (Å²) in [6, 6.07) is 5.47. The van der Waals surface area contributed by atoms with Gasteiger partial charge in [-0.1, -0.05) is 12.1 Å². The summed E-state index contributed by atoms with van der Waals surface area (Å²) in [5, 5.41) is 5.07. The first-order valence-corrected chi connectivity index (χ1v) is 6.46. The second-order valence-corrected chi connectivity index (χ2v) is 4.70. The van der Waals surface area contributed by atoms with Crippen LogP contribution in [0.4, 0.5) is 9.18 Å². The smallest absolute Gasteiger partial charge is 0.332 e. The molecule has 0 spiro atoms. The molecular weight excluding hydrogens is 263 g/mol. The van der Waals surface area contributed by atoms with Crippen molar-refractivity contribution >= 4 is 12.0 Å². The van der Waals surface area contributed by atoms with Crippen molar-refractivity contribution in [1.82, 2.24) is 10.6 Å². The topological polar surface area (TPSA) is 67.4 Å². The van der Waals surface area contributed by atoms with Crippen LogP contribution in [0.25, 0.3) is 0 Å². The van der Waals surface area contributed by atoms with Gasteiger partial charge in [-0.05, 0) is 31.0 Å². The average molecular weight is 280 g/mol. The van der Waals surface area contributed by atoms with E-state index in [0.717, 1.165) is 5.56 Å². The molecule has 2 unspecified atom stereocenters. The molecule has 1 fully saturated rings. The molecule has 0 aliphatic heterocycles. The van der Waals surface area contributed by atoms with E-state index in [0.29, 0.717) is 6.42 Å². The van der Waals surface area contributed by atoms with E-state index in [1.165, 1.54) is 19.2 Å². The van der Waals surface area contributed by atoms with Gasteiger partial charge in [-0.2, -0.15) is 0 Å². The zero-order valence-electron chi connectivity index (χ0n) is 11.4. The number of rotatable bonds is 4. The average Bonchev–Trinajstić information content (AvgIpc) is 3.15. The molecule has 5 nitrogen and oxygen atoms in total. The molecule has 108 valence electrons. The number of nitrogens with one attached hydrogen (secondary N) is 2. The quantitative estimate of drug-likeness (QED) is 0.822. The first kappa shape index (κ1) is 14.3. The van der Waals surface area contributed by atoms with Gasteiger partial charge in [-0.25, -0.2) is 14.0 Å². The lowest BCUT2D eigenvalue weighted by molar-refractivity contribution is -0.146. The number of amides is 2. The van der Waals surface area contributed by atoms with Gasteiger partial charge in [-0.3, -0.25) is 0 Å². The van der Waals surface area contributed by atoms with E-state index in [1.54, 1.807) is 19.1 Å².